The molecule has 0 saturated carbocycles. The lowest BCUT2D eigenvalue weighted by atomic mass is 9.93. The van der Waals surface area contributed by atoms with E-state index in [0.717, 1.165) is 6.42 Å². The fourth-order valence-corrected chi connectivity index (χ4v) is 3.30. The van der Waals surface area contributed by atoms with Crippen LogP contribution in [0.2, 0.25) is 0 Å². The van der Waals surface area contributed by atoms with Crippen LogP contribution in [-0.2, 0) is 6.42 Å². The van der Waals surface area contributed by atoms with E-state index in [9.17, 15) is 0 Å². The molecule has 0 aliphatic carbocycles. The van der Waals surface area contributed by atoms with Gasteiger partial charge in [0, 0.05) is 5.92 Å². The van der Waals surface area contributed by atoms with E-state index in [1.165, 1.54) is 27.8 Å². The molecular weight excluding hydrogens is 336 g/mol. The first kappa shape index (κ1) is 19.6. The second-order valence-corrected chi connectivity index (χ2v) is 7.13. The van der Waals surface area contributed by atoms with Gasteiger partial charge < -0.3 is 0 Å². The molecule has 0 atom stereocenters. The van der Waals surface area contributed by atoms with Gasteiger partial charge in [0.25, 0.3) is 0 Å². The fraction of sp³-hybridized carbons (Fsp3) is 0.143. The van der Waals surface area contributed by atoms with Crippen molar-refractivity contribution in [3.63, 3.8) is 0 Å². The summed E-state index contributed by atoms with van der Waals surface area (Å²) in [5.74, 6) is 0.484. The van der Waals surface area contributed by atoms with E-state index in [1.807, 2.05) is 0 Å². The van der Waals surface area contributed by atoms with Crippen LogP contribution in [0.25, 0.3) is 0 Å². The van der Waals surface area contributed by atoms with Crippen LogP contribution >= 0.6 is 0 Å². The van der Waals surface area contributed by atoms with Gasteiger partial charge in [-0.25, -0.2) is 0 Å². The van der Waals surface area contributed by atoms with Crippen LogP contribution < -0.4 is 0 Å². The van der Waals surface area contributed by atoms with Crippen molar-refractivity contribution in [2.45, 2.75) is 26.2 Å². The van der Waals surface area contributed by atoms with Crippen molar-refractivity contribution in [3.8, 4) is 0 Å². The summed E-state index contributed by atoms with van der Waals surface area (Å²) in [4.78, 5) is 0. The van der Waals surface area contributed by atoms with Crippen molar-refractivity contribution in [1.82, 2.24) is 0 Å². The summed E-state index contributed by atoms with van der Waals surface area (Å²) < 4.78 is 0. The molecule has 0 unspecified atom stereocenters. The lowest BCUT2D eigenvalue weighted by Crippen LogP contribution is -1.94. The molecule has 0 nitrogen and oxygen atoms in total. The summed E-state index contributed by atoms with van der Waals surface area (Å²) >= 11 is 0. The Bertz CT molecular complexity index is 901. The highest BCUT2D eigenvalue weighted by Crippen LogP contribution is 2.22. The standard InChI is InChI=1S/2C14H14/c1-12(13-8-4-2-5-9-13)14-10-6-3-7-11-14;1-12-7-5-6-10-14(12)11-13-8-3-2-4-9-13/h2-12H,1H3;2-10H,11H2,1H3. The van der Waals surface area contributed by atoms with Crippen LogP contribution in [0.15, 0.2) is 115 Å². The highest BCUT2D eigenvalue weighted by Gasteiger charge is 2.05. The Morgan fingerprint density at radius 1 is 0.536 bits per heavy atom. The predicted octanol–water partition coefficient (Wildman–Crippen LogP) is 7.42. The van der Waals surface area contributed by atoms with Crippen LogP contribution in [0.5, 0.6) is 0 Å². The first-order valence-electron chi connectivity index (χ1n) is 9.92. The van der Waals surface area contributed by atoms with Gasteiger partial charge in [0.1, 0.15) is 0 Å². The molecule has 0 saturated heterocycles. The lowest BCUT2D eigenvalue weighted by molar-refractivity contribution is 0.922. The molecule has 0 spiro atoms. The average Bonchev–Trinajstić information content (AvgIpc) is 2.77. The summed E-state index contributed by atoms with van der Waals surface area (Å²) in [5, 5.41) is 0. The van der Waals surface area contributed by atoms with Gasteiger partial charge in [0.05, 0.1) is 0 Å². The molecule has 0 aromatic heterocycles. The molecule has 140 valence electrons. The number of aryl methyl sites for hydroxylation is 1. The van der Waals surface area contributed by atoms with Gasteiger partial charge in [0.15, 0.2) is 0 Å². The molecule has 0 fully saturated rings. The minimum Gasteiger partial charge on any atom is -0.0622 e. The van der Waals surface area contributed by atoms with E-state index in [1.54, 1.807) is 0 Å². The van der Waals surface area contributed by atoms with Gasteiger partial charge in [-0.3, -0.25) is 0 Å². The molecule has 0 aliphatic heterocycles. The lowest BCUT2D eigenvalue weighted by Gasteiger charge is -2.11. The first-order chi connectivity index (χ1) is 13.7. The Morgan fingerprint density at radius 3 is 1.46 bits per heavy atom. The third kappa shape index (κ3) is 5.69. The number of benzene rings is 4. The molecule has 0 radical (unpaired) electrons. The molecule has 0 heterocycles. The zero-order chi connectivity index (χ0) is 19.6. The van der Waals surface area contributed by atoms with Crippen LogP contribution in [0.4, 0.5) is 0 Å². The largest absolute Gasteiger partial charge is 0.0622 e. The van der Waals surface area contributed by atoms with Crippen molar-refractivity contribution in [2.24, 2.45) is 0 Å². The molecule has 0 amide bonds. The third-order valence-corrected chi connectivity index (χ3v) is 5.10. The Labute approximate surface area is 169 Å². The van der Waals surface area contributed by atoms with E-state index in [0.29, 0.717) is 5.92 Å². The van der Waals surface area contributed by atoms with Gasteiger partial charge in [-0.2, -0.15) is 0 Å². The van der Waals surface area contributed by atoms with Gasteiger partial charge in [-0.15, -0.1) is 0 Å². The van der Waals surface area contributed by atoms with Crippen LogP contribution in [0, 0.1) is 6.92 Å². The fourth-order valence-electron chi connectivity index (χ4n) is 3.30. The average molecular weight is 365 g/mol. The first-order valence-corrected chi connectivity index (χ1v) is 9.92. The molecule has 4 aromatic carbocycles. The number of hydrogen-bond donors (Lipinski definition) is 0. The van der Waals surface area contributed by atoms with Crippen molar-refractivity contribution in [2.75, 3.05) is 0 Å². The van der Waals surface area contributed by atoms with Crippen molar-refractivity contribution >= 4 is 0 Å². The Kier molecular flexibility index (Phi) is 7.21. The molecule has 4 aromatic rings. The molecule has 28 heavy (non-hydrogen) atoms. The molecule has 0 aliphatic rings. The highest BCUT2D eigenvalue weighted by atomic mass is 14.1. The Balaban J connectivity index is 0.000000161. The normalized spacial score (nSPS) is 10.2. The Hall–Kier alpha value is -3.12. The molecular formula is C28H28. The van der Waals surface area contributed by atoms with Crippen molar-refractivity contribution in [1.29, 1.82) is 0 Å². The van der Waals surface area contributed by atoms with E-state index in [4.69, 9.17) is 0 Å². The molecule has 4 rings (SSSR count). The smallest absolute Gasteiger partial charge is 0.00610 e. The van der Waals surface area contributed by atoms with E-state index < -0.39 is 0 Å². The van der Waals surface area contributed by atoms with E-state index in [-0.39, 0.29) is 0 Å². The van der Waals surface area contributed by atoms with Crippen LogP contribution in [0.3, 0.4) is 0 Å². The molecule has 0 bridgehead atoms. The SMILES string of the molecule is CC(c1ccccc1)c1ccccc1.Cc1ccccc1Cc1ccccc1. The summed E-state index contributed by atoms with van der Waals surface area (Å²) in [6, 6.07) is 40.3. The van der Waals surface area contributed by atoms with Crippen molar-refractivity contribution < 1.29 is 0 Å². The Morgan fingerprint density at radius 2 is 0.964 bits per heavy atom. The highest BCUT2D eigenvalue weighted by molar-refractivity contribution is 5.32. The second kappa shape index (κ2) is 10.3. The number of rotatable bonds is 4. The minimum atomic E-state index is 0.484. The summed E-state index contributed by atoms with van der Waals surface area (Å²) in [6.45, 7) is 4.41. The van der Waals surface area contributed by atoms with Gasteiger partial charge in [-0.05, 0) is 41.2 Å². The summed E-state index contributed by atoms with van der Waals surface area (Å²) in [5.41, 5.74) is 6.91. The molecule has 0 N–H and O–H groups in total. The van der Waals surface area contributed by atoms with Gasteiger partial charge in [-0.1, -0.05) is 122 Å². The maximum absolute atomic E-state index is 2.24. The number of hydrogen-bond acceptors (Lipinski definition) is 0. The van der Waals surface area contributed by atoms with Gasteiger partial charge in [0.2, 0.25) is 0 Å². The summed E-state index contributed by atoms with van der Waals surface area (Å²) in [6.07, 6.45) is 1.04. The monoisotopic (exact) mass is 364 g/mol. The van der Waals surface area contributed by atoms with E-state index in [2.05, 4.69) is 129 Å². The van der Waals surface area contributed by atoms with Crippen LogP contribution in [-0.4, -0.2) is 0 Å². The second-order valence-electron chi connectivity index (χ2n) is 7.13. The van der Waals surface area contributed by atoms with E-state index >= 15 is 0 Å². The zero-order valence-electron chi connectivity index (χ0n) is 16.8. The minimum absolute atomic E-state index is 0.484. The van der Waals surface area contributed by atoms with Crippen molar-refractivity contribution in [3.05, 3.63) is 143 Å². The topological polar surface area (TPSA) is 0 Å². The maximum atomic E-state index is 2.24. The molecule has 0 heteroatoms. The quantitative estimate of drug-likeness (QED) is 0.353. The van der Waals surface area contributed by atoms with Crippen LogP contribution in [0.1, 0.15) is 40.7 Å². The predicted molar refractivity (Wildman–Crippen MR) is 121 cm³/mol. The maximum Gasteiger partial charge on any atom is 0.00610 e. The summed E-state index contributed by atoms with van der Waals surface area (Å²) in [7, 11) is 0. The zero-order valence-corrected chi connectivity index (χ0v) is 16.8. The van der Waals surface area contributed by atoms with Gasteiger partial charge >= 0.3 is 0 Å². The third-order valence-electron chi connectivity index (χ3n) is 5.10.